The Morgan fingerprint density at radius 3 is 2.73 bits per heavy atom. The van der Waals surface area contributed by atoms with Gasteiger partial charge in [-0.2, -0.15) is 0 Å². The second-order valence-corrected chi connectivity index (χ2v) is 7.60. The normalized spacial score (nSPS) is 11.9. The highest BCUT2D eigenvalue weighted by molar-refractivity contribution is 7.07. The van der Waals surface area contributed by atoms with Gasteiger partial charge in [-0.1, -0.05) is 12.1 Å². The van der Waals surface area contributed by atoms with Crippen molar-refractivity contribution in [3.63, 3.8) is 0 Å². The number of aromatic nitrogens is 1. The second kappa shape index (κ2) is 10.2. The molecule has 0 saturated carbocycles. The number of nitrogens with one attached hydrogen (secondary N) is 1. The number of halogens is 1. The lowest BCUT2D eigenvalue weighted by molar-refractivity contribution is 0.0941. The molecule has 0 bridgehead atoms. The van der Waals surface area contributed by atoms with Gasteiger partial charge in [-0.15, -0.1) is 11.3 Å². The van der Waals surface area contributed by atoms with E-state index >= 15 is 0 Å². The third-order valence-electron chi connectivity index (χ3n) is 4.60. The van der Waals surface area contributed by atoms with Gasteiger partial charge in [0.1, 0.15) is 12.4 Å². The van der Waals surface area contributed by atoms with Gasteiger partial charge in [0.2, 0.25) is 0 Å². The van der Waals surface area contributed by atoms with Crippen molar-refractivity contribution in [1.29, 1.82) is 0 Å². The minimum atomic E-state index is -0.302. The number of hydrogen-bond donors (Lipinski definition) is 1. The van der Waals surface area contributed by atoms with Gasteiger partial charge < -0.3 is 19.7 Å². The van der Waals surface area contributed by atoms with Crippen LogP contribution in [0.5, 0.6) is 11.5 Å². The average molecular weight is 430 g/mol. The number of hydrogen-bond acceptors (Lipinski definition) is 6. The molecular weight excluding hydrogens is 405 g/mol. The molecule has 1 unspecified atom stereocenters. The maximum atomic E-state index is 13.6. The van der Waals surface area contributed by atoms with Crippen LogP contribution in [0.25, 0.3) is 0 Å². The molecule has 158 valence electrons. The molecule has 0 spiro atoms. The van der Waals surface area contributed by atoms with Crippen molar-refractivity contribution in [2.24, 2.45) is 0 Å². The third kappa shape index (κ3) is 5.55. The topological polar surface area (TPSA) is 63.7 Å². The van der Waals surface area contributed by atoms with E-state index in [1.807, 2.05) is 30.4 Å². The molecule has 6 nitrogen and oxygen atoms in total. The SMILES string of the molecule is COc1cc(C(=O)NCC(c2cccc(F)c2)N(C)C)ccc1OCc1cscn1. The van der Waals surface area contributed by atoms with Crippen LogP contribution in [0.3, 0.4) is 0 Å². The zero-order valence-electron chi connectivity index (χ0n) is 17.1. The molecule has 8 heteroatoms. The lowest BCUT2D eigenvalue weighted by Gasteiger charge is -2.25. The molecule has 0 fully saturated rings. The molecule has 1 aromatic heterocycles. The van der Waals surface area contributed by atoms with Gasteiger partial charge >= 0.3 is 0 Å². The number of rotatable bonds is 9. The molecule has 1 N–H and O–H groups in total. The van der Waals surface area contributed by atoms with Gasteiger partial charge in [-0.3, -0.25) is 4.79 Å². The minimum absolute atomic E-state index is 0.160. The van der Waals surface area contributed by atoms with Crippen molar-refractivity contribution in [1.82, 2.24) is 15.2 Å². The molecule has 0 aliphatic carbocycles. The Hall–Kier alpha value is -2.97. The Morgan fingerprint density at radius 2 is 2.07 bits per heavy atom. The zero-order chi connectivity index (χ0) is 21.5. The van der Waals surface area contributed by atoms with Crippen molar-refractivity contribution < 1.29 is 18.7 Å². The molecule has 1 amide bonds. The number of likely N-dealkylation sites (N-methyl/N-ethyl adjacent to an activating group) is 1. The number of thiazole rings is 1. The van der Waals surface area contributed by atoms with E-state index in [0.29, 0.717) is 30.2 Å². The predicted octanol–water partition coefficient (Wildman–Crippen LogP) is 3.90. The Morgan fingerprint density at radius 1 is 1.23 bits per heavy atom. The zero-order valence-corrected chi connectivity index (χ0v) is 17.9. The van der Waals surface area contributed by atoms with Crippen LogP contribution in [0.4, 0.5) is 4.39 Å². The molecule has 0 aliphatic heterocycles. The number of nitrogens with zero attached hydrogens (tertiary/aromatic N) is 2. The Labute approximate surface area is 179 Å². The number of methoxy groups -OCH3 is 1. The number of ether oxygens (including phenoxy) is 2. The van der Waals surface area contributed by atoms with Crippen molar-refractivity contribution in [2.45, 2.75) is 12.6 Å². The summed E-state index contributed by atoms with van der Waals surface area (Å²) in [5.41, 5.74) is 3.82. The van der Waals surface area contributed by atoms with Crippen LogP contribution in [0.1, 0.15) is 27.7 Å². The van der Waals surface area contributed by atoms with E-state index in [2.05, 4.69) is 10.3 Å². The maximum absolute atomic E-state index is 13.6. The highest BCUT2D eigenvalue weighted by Crippen LogP contribution is 2.29. The van der Waals surface area contributed by atoms with Crippen molar-refractivity contribution in [2.75, 3.05) is 27.7 Å². The van der Waals surface area contributed by atoms with Gasteiger partial charge in [0.25, 0.3) is 5.91 Å². The van der Waals surface area contributed by atoms with Crippen LogP contribution in [0, 0.1) is 5.82 Å². The largest absolute Gasteiger partial charge is 0.493 e. The first-order chi connectivity index (χ1) is 14.5. The van der Waals surface area contributed by atoms with Crippen LogP contribution in [0.2, 0.25) is 0 Å². The molecule has 30 heavy (non-hydrogen) atoms. The summed E-state index contributed by atoms with van der Waals surface area (Å²) in [7, 11) is 5.30. The molecule has 0 radical (unpaired) electrons. The van der Waals surface area contributed by atoms with E-state index in [4.69, 9.17) is 9.47 Å². The van der Waals surface area contributed by atoms with Gasteiger partial charge in [-0.05, 0) is 50.0 Å². The Kier molecular flexibility index (Phi) is 7.37. The summed E-state index contributed by atoms with van der Waals surface area (Å²) in [6, 6.07) is 11.3. The first-order valence-electron chi connectivity index (χ1n) is 9.36. The van der Waals surface area contributed by atoms with Crippen LogP contribution in [-0.4, -0.2) is 43.5 Å². The van der Waals surface area contributed by atoms with Gasteiger partial charge in [0, 0.05) is 17.5 Å². The fourth-order valence-corrected chi connectivity index (χ4v) is 3.54. The smallest absolute Gasteiger partial charge is 0.251 e. The second-order valence-electron chi connectivity index (χ2n) is 6.88. The van der Waals surface area contributed by atoms with E-state index < -0.39 is 0 Å². The summed E-state index contributed by atoms with van der Waals surface area (Å²) >= 11 is 1.50. The first-order valence-corrected chi connectivity index (χ1v) is 10.3. The fraction of sp³-hybridized carbons (Fsp3) is 0.273. The average Bonchev–Trinajstić information content (AvgIpc) is 3.25. The summed E-state index contributed by atoms with van der Waals surface area (Å²) in [6.45, 7) is 0.656. The van der Waals surface area contributed by atoms with Crippen molar-refractivity contribution >= 4 is 17.2 Å². The third-order valence-corrected chi connectivity index (χ3v) is 5.23. The summed E-state index contributed by atoms with van der Waals surface area (Å²) in [4.78, 5) is 18.8. The van der Waals surface area contributed by atoms with E-state index in [-0.39, 0.29) is 17.8 Å². The molecular formula is C22H24FN3O3S. The van der Waals surface area contributed by atoms with Gasteiger partial charge in [-0.25, -0.2) is 9.37 Å². The van der Waals surface area contributed by atoms with E-state index in [1.54, 1.807) is 29.8 Å². The molecule has 3 rings (SSSR count). The summed E-state index contributed by atoms with van der Waals surface area (Å²) in [5.74, 6) is 0.450. The summed E-state index contributed by atoms with van der Waals surface area (Å²) in [6.07, 6.45) is 0. The number of carbonyl (C=O) groups excluding carboxylic acids is 1. The predicted molar refractivity (Wildman–Crippen MR) is 115 cm³/mol. The summed E-state index contributed by atoms with van der Waals surface area (Å²) < 4.78 is 24.7. The summed E-state index contributed by atoms with van der Waals surface area (Å²) in [5, 5.41) is 4.83. The molecule has 0 saturated heterocycles. The van der Waals surface area contributed by atoms with Crippen molar-refractivity contribution in [3.8, 4) is 11.5 Å². The van der Waals surface area contributed by atoms with Crippen LogP contribution < -0.4 is 14.8 Å². The molecule has 1 atom stereocenters. The lowest BCUT2D eigenvalue weighted by Crippen LogP contribution is -2.34. The molecule has 3 aromatic rings. The maximum Gasteiger partial charge on any atom is 0.251 e. The number of carbonyl (C=O) groups is 1. The highest BCUT2D eigenvalue weighted by atomic mass is 32.1. The van der Waals surface area contributed by atoms with E-state index in [0.717, 1.165) is 11.3 Å². The Balaban J connectivity index is 1.66. The monoisotopic (exact) mass is 429 g/mol. The van der Waals surface area contributed by atoms with Crippen LogP contribution in [-0.2, 0) is 6.61 Å². The first kappa shape index (κ1) is 21.7. The van der Waals surface area contributed by atoms with E-state index in [9.17, 15) is 9.18 Å². The molecule has 1 heterocycles. The minimum Gasteiger partial charge on any atom is -0.493 e. The number of amides is 1. The fourth-order valence-electron chi connectivity index (χ4n) is 2.99. The quantitative estimate of drug-likeness (QED) is 0.559. The molecule has 0 aliphatic rings. The standard InChI is InChI=1S/C22H24FN3O3S/c1-26(2)19(15-5-4-6-17(23)9-15)11-24-22(27)16-7-8-20(21(10-16)28-3)29-12-18-13-30-14-25-18/h4-10,13-14,19H,11-12H2,1-3H3,(H,24,27). The molecule has 2 aromatic carbocycles. The van der Waals surface area contributed by atoms with Crippen LogP contribution in [0.15, 0.2) is 53.4 Å². The van der Waals surface area contributed by atoms with E-state index in [1.165, 1.54) is 30.6 Å². The number of benzene rings is 2. The highest BCUT2D eigenvalue weighted by Gasteiger charge is 2.17. The Bertz CT molecular complexity index is 980. The van der Waals surface area contributed by atoms with Crippen molar-refractivity contribution in [3.05, 3.63) is 76.0 Å². The lowest BCUT2D eigenvalue weighted by atomic mass is 10.1. The van der Waals surface area contributed by atoms with Crippen LogP contribution >= 0.6 is 11.3 Å². The van der Waals surface area contributed by atoms with Gasteiger partial charge in [0.05, 0.1) is 24.4 Å². The van der Waals surface area contributed by atoms with Gasteiger partial charge in [0.15, 0.2) is 11.5 Å².